The highest BCUT2D eigenvalue weighted by atomic mass is 16.3. The molecule has 0 bridgehead atoms. The summed E-state index contributed by atoms with van der Waals surface area (Å²) in [6.07, 6.45) is 0. The molecule has 0 saturated carbocycles. The van der Waals surface area contributed by atoms with Gasteiger partial charge in [-0.15, -0.1) is 0 Å². The fourth-order valence-electron chi connectivity index (χ4n) is 8.54. The second kappa shape index (κ2) is 12.8. The van der Waals surface area contributed by atoms with Crippen molar-refractivity contribution < 1.29 is 8.83 Å². The molecule has 0 aliphatic rings. The Kier molecular flexibility index (Phi) is 7.16. The molecule has 0 atom stereocenters. The minimum absolute atomic E-state index is 0.563. The first-order valence-electron chi connectivity index (χ1n) is 19.4. The molecule has 3 heterocycles. The largest absolute Gasteiger partial charge is 0.456 e. The Labute approximate surface area is 332 Å². The molecular formula is C53H31N3O2. The number of nitrogens with zero attached hydrogens (tertiary/aromatic N) is 3. The Morgan fingerprint density at radius 2 is 0.810 bits per heavy atom. The number of aromatic nitrogens is 3. The minimum atomic E-state index is 0.563. The Morgan fingerprint density at radius 3 is 1.57 bits per heavy atom. The van der Waals surface area contributed by atoms with Crippen LogP contribution in [-0.4, -0.2) is 15.0 Å². The molecule has 9 aromatic carbocycles. The SMILES string of the molecule is c1ccc(-c2ccc(-c3nc(-c4ccc5ccccc5c4)nc(-c4cc(-c5cc6oc7ccccc7c6c6ccccc56)cc5oc6ccccc6c45)n3)cc2)cc1. The molecule has 0 aliphatic carbocycles. The zero-order chi connectivity index (χ0) is 38.2. The van der Waals surface area contributed by atoms with E-state index in [9.17, 15) is 0 Å². The highest BCUT2D eigenvalue weighted by molar-refractivity contribution is 6.23. The lowest BCUT2D eigenvalue weighted by molar-refractivity contribution is 0.668. The molecule has 12 aromatic rings. The van der Waals surface area contributed by atoms with Crippen molar-refractivity contribution in [2.45, 2.75) is 0 Å². The molecule has 0 N–H and O–H groups in total. The molecular weight excluding hydrogens is 711 g/mol. The van der Waals surface area contributed by atoms with Gasteiger partial charge in [0.2, 0.25) is 0 Å². The average molecular weight is 742 g/mol. The predicted molar refractivity (Wildman–Crippen MR) is 237 cm³/mol. The summed E-state index contributed by atoms with van der Waals surface area (Å²) in [7, 11) is 0. The smallest absolute Gasteiger partial charge is 0.164 e. The van der Waals surface area contributed by atoms with E-state index in [1.54, 1.807) is 0 Å². The molecule has 5 nitrogen and oxygen atoms in total. The number of furan rings is 2. The van der Waals surface area contributed by atoms with Gasteiger partial charge < -0.3 is 8.83 Å². The van der Waals surface area contributed by atoms with Crippen molar-refractivity contribution in [2.75, 3.05) is 0 Å². The van der Waals surface area contributed by atoms with Gasteiger partial charge in [-0.25, -0.2) is 15.0 Å². The van der Waals surface area contributed by atoms with E-state index in [4.69, 9.17) is 23.8 Å². The van der Waals surface area contributed by atoms with Gasteiger partial charge in [0.15, 0.2) is 17.5 Å². The van der Waals surface area contributed by atoms with Crippen molar-refractivity contribution in [2.24, 2.45) is 0 Å². The lowest BCUT2D eigenvalue weighted by Crippen LogP contribution is -2.01. The molecule has 12 rings (SSSR count). The van der Waals surface area contributed by atoms with E-state index in [2.05, 4.69) is 152 Å². The van der Waals surface area contributed by atoms with Crippen LogP contribution in [0.4, 0.5) is 0 Å². The monoisotopic (exact) mass is 741 g/mol. The van der Waals surface area contributed by atoms with Crippen molar-refractivity contribution in [3.63, 3.8) is 0 Å². The summed E-state index contributed by atoms with van der Waals surface area (Å²) in [5.41, 5.74) is 10.2. The summed E-state index contributed by atoms with van der Waals surface area (Å²) in [5, 5.41) is 8.69. The lowest BCUT2D eigenvalue weighted by atomic mass is 9.92. The van der Waals surface area contributed by atoms with Crippen LogP contribution in [0.15, 0.2) is 197 Å². The lowest BCUT2D eigenvalue weighted by Gasteiger charge is -2.13. The van der Waals surface area contributed by atoms with E-state index in [1.807, 2.05) is 36.4 Å². The second-order valence-electron chi connectivity index (χ2n) is 14.7. The molecule has 3 aromatic heterocycles. The molecule has 58 heavy (non-hydrogen) atoms. The zero-order valence-corrected chi connectivity index (χ0v) is 31.1. The standard InChI is InChI=1S/C53H31N3O2/c1-2-12-32(13-3-1)34-22-25-35(26-23-34)51-54-52(37-27-24-33-14-4-5-15-36(33)28-37)56-53(55-51)44-29-38(30-47-50(44)42-19-9-11-21-46(42)57-47)43-31-48-49(40-17-7-6-16-39(40)43)41-18-8-10-20-45(41)58-48/h1-31H. The normalized spacial score (nSPS) is 11.8. The van der Waals surface area contributed by atoms with Crippen molar-refractivity contribution in [1.82, 2.24) is 15.0 Å². The van der Waals surface area contributed by atoms with Crippen molar-refractivity contribution in [1.29, 1.82) is 0 Å². The van der Waals surface area contributed by atoms with E-state index >= 15 is 0 Å². The van der Waals surface area contributed by atoms with Crippen LogP contribution in [0.2, 0.25) is 0 Å². The first-order valence-corrected chi connectivity index (χ1v) is 19.4. The Morgan fingerprint density at radius 1 is 0.276 bits per heavy atom. The Bertz CT molecular complexity index is 3570. The van der Waals surface area contributed by atoms with Crippen LogP contribution in [0.3, 0.4) is 0 Å². The van der Waals surface area contributed by atoms with Crippen LogP contribution in [0.1, 0.15) is 0 Å². The number of fused-ring (bicyclic) bond motifs is 9. The number of para-hydroxylation sites is 2. The summed E-state index contributed by atoms with van der Waals surface area (Å²) in [5.74, 6) is 1.75. The van der Waals surface area contributed by atoms with Crippen molar-refractivity contribution in [3.05, 3.63) is 188 Å². The Hall–Kier alpha value is -7.89. The molecule has 0 spiro atoms. The van der Waals surface area contributed by atoms with Gasteiger partial charge in [0, 0.05) is 38.2 Å². The molecule has 270 valence electrons. The fourth-order valence-corrected chi connectivity index (χ4v) is 8.54. The fraction of sp³-hybridized carbons (Fsp3) is 0. The van der Waals surface area contributed by atoms with Crippen LogP contribution in [0.5, 0.6) is 0 Å². The molecule has 0 saturated heterocycles. The van der Waals surface area contributed by atoms with Gasteiger partial charge in [-0.2, -0.15) is 0 Å². The van der Waals surface area contributed by atoms with Crippen LogP contribution in [0, 0.1) is 0 Å². The third-order valence-corrected chi connectivity index (χ3v) is 11.3. The van der Waals surface area contributed by atoms with E-state index in [0.717, 1.165) is 104 Å². The number of hydrogen-bond donors (Lipinski definition) is 0. The zero-order valence-electron chi connectivity index (χ0n) is 31.1. The van der Waals surface area contributed by atoms with Gasteiger partial charge in [0.25, 0.3) is 0 Å². The van der Waals surface area contributed by atoms with E-state index < -0.39 is 0 Å². The molecule has 0 fully saturated rings. The minimum Gasteiger partial charge on any atom is -0.456 e. The number of rotatable bonds is 5. The molecule has 0 radical (unpaired) electrons. The van der Waals surface area contributed by atoms with E-state index in [-0.39, 0.29) is 0 Å². The van der Waals surface area contributed by atoms with E-state index in [0.29, 0.717) is 17.5 Å². The first kappa shape index (κ1) is 32.4. The van der Waals surface area contributed by atoms with Gasteiger partial charge in [0.05, 0.1) is 0 Å². The summed E-state index contributed by atoms with van der Waals surface area (Å²) < 4.78 is 13.2. The summed E-state index contributed by atoms with van der Waals surface area (Å²) in [6.45, 7) is 0. The average Bonchev–Trinajstić information content (AvgIpc) is 3.87. The van der Waals surface area contributed by atoms with Crippen LogP contribution in [-0.2, 0) is 0 Å². The summed E-state index contributed by atoms with van der Waals surface area (Å²) in [6, 6.07) is 65.1. The van der Waals surface area contributed by atoms with Gasteiger partial charge in [-0.1, -0.05) is 152 Å². The highest BCUT2D eigenvalue weighted by Crippen LogP contribution is 2.44. The maximum absolute atomic E-state index is 6.66. The number of hydrogen-bond acceptors (Lipinski definition) is 5. The van der Waals surface area contributed by atoms with Gasteiger partial charge in [-0.3, -0.25) is 0 Å². The molecule has 5 heteroatoms. The topological polar surface area (TPSA) is 65.0 Å². The predicted octanol–water partition coefficient (Wildman–Crippen LogP) is 14.3. The first-order chi connectivity index (χ1) is 28.7. The molecule has 0 unspecified atom stereocenters. The molecule has 0 aliphatic heterocycles. The van der Waals surface area contributed by atoms with Gasteiger partial charge >= 0.3 is 0 Å². The maximum Gasteiger partial charge on any atom is 0.164 e. The Balaban J connectivity index is 1.13. The maximum atomic E-state index is 6.66. The van der Waals surface area contributed by atoms with Crippen LogP contribution in [0.25, 0.3) is 122 Å². The number of benzene rings is 9. The third kappa shape index (κ3) is 5.21. The van der Waals surface area contributed by atoms with Gasteiger partial charge in [-0.05, 0) is 80.2 Å². The van der Waals surface area contributed by atoms with Crippen LogP contribution < -0.4 is 0 Å². The van der Waals surface area contributed by atoms with Crippen molar-refractivity contribution in [3.8, 4) is 56.4 Å². The van der Waals surface area contributed by atoms with Crippen LogP contribution >= 0.6 is 0 Å². The highest BCUT2D eigenvalue weighted by Gasteiger charge is 2.22. The quantitative estimate of drug-likeness (QED) is 0.176. The summed E-state index contributed by atoms with van der Waals surface area (Å²) >= 11 is 0. The van der Waals surface area contributed by atoms with Crippen molar-refractivity contribution >= 4 is 65.4 Å². The van der Waals surface area contributed by atoms with Gasteiger partial charge in [0.1, 0.15) is 22.3 Å². The molecule has 0 amide bonds. The third-order valence-electron chi connectivity index (χ3n) is 11.3. The summed E-state index contributed by atoms with van der Waals surface area (Å²) in [4.78, 5) is 15.8. The second-order valence-corrected chi connectivity index (χ2v) is 14.7. The van der Waals surface area contributed by atoms with E-state index in [1.165, 1.54) is 0 Å².